The Morgan fingerprint density at radius 1 is 0.517 bits per heavy atom. The number of amides is 2. The molecule has 2 aromatic carbocycles. The molecular weight excluding hydrogens is 850 g/mol. The van der Waals surface area contributed by atoms with E-state index in [0.29, 0.717) is 19.0 Å². The highest BCUT2D eigenvalue weighted by Crippen LogP contribution is 2.45. The lowest BCUT2D eigenvalue weighted by atomic mass is 9.91. The molecule has 0 aromatic heterocycles. The fourth-order valence-electron chi connectivity index (χ4n) is 10.4. The lowest BCUT2D eigenvalue weighted by Gasteiger charge is -2.49. The number of likely N-dealkylation sites (tertiary alicyclic amines) is 4. The predicted molar refractivity (Wildman–Crippen MR) is 251 cm³/mol. The van der Waals surface area contributed by atoms with Crippen LogP contribution in [0.15, 0.2) is 46.2 Å². The topological polar surface area (TPSA) is 47.1 Å². The van der Waals surface area contributed by atoms with Crippen LogP contribution in [0.2, 0.25) is 10.0 Å². The Labute approximate surface area is 380 Å². The van der Waals surface area contributed by atoms with Crippen LogP contribution >= 0.6 is 69.6 Å². The van der Waals surface area contributed by atoms with Crippen molar-refractivity contribution >= 4 is 81.4 Å². The predicted octanol–water partition coefficient (Wildman–Crippen LogP) is 9.75. The molecule has 0 bridgehead atoms. The largest absolute Gasteiger partial charge is 0.347 e. The van der Waals surface area contributed by atoms with Gasteiger partial charge in [0.15, 0.2) is 0 Å². The van der Waals surface area contributed by atoms with Gasteiger partial charge in [0.05, 0.1) is 49.4 Å². The number of piperidine rings is 4. The normalized spacial score (nSPS) is 20.8. The maximum absolute atomic E-state index is 15.3. The van der Waals surface area contributed by atoms with Gasteiger partial charge >= 0.3 is 11.8 Å². The lowest BCUT2D eigenvalue weighted by molar-refractivity contribution is -0.883. The van der Waals surface area contributed by atoms with Gasteiger partial charge in [-0.2, -0.15) is 0 Å². The van der Waals surface area contributed by atoms with E-state index in [0.717, 1.165) is 151 Å². The van der Waals surface area contributed by atoms with Crippen LogP contribution in [0.4, 0.5) is 0 Å². The molecule has 14 heteroatoms. The van der Waals surface area contributed by atoms with Crippen LogP contribution in [0.1, 0.15) is 99.8 Å². The van der Waals surface area contributed by atoms with Crippen molar-refractivity contribution in [1.82, 2.24) is 19.6 Å². The Morgan fingerprint density at radius 3 is 0.983 bits per heavy atom. The third-order valence-electron chi connectivity index (χ3n) is 14.5. The molecular formula is C44H70Cl4N6O2S2+2. The Kier molecular flexibility index (Phi) is 19.6. The second-order valence-corrected chi connectivity index (χ2v) is 20.1. The minimum Gasteiger partial charge on any atom is -0.303 e. The summed E-state index contributed by atoms with van der Waals surface area (Å²) in [5.41, 5.74) is 1.46. The number of carbonyl (C=O) groups excluding carboxylic acids is 2. The first-order valence-corrected chi connectivity index (χ1v) is 24.5. The van der Waals surface area contributed by atoms with Gasteiger partial charge in [-0.3, -0.25) is 8.97 Å². The molecule has 6 rings (SSSR count). The lowest BCUT2D eigenvalue weighted by Crippen LogP contribution is -2.66. The van der Waals surface area contributed by atoms with Crippen molar-refractivity contribution in [3.63, 3.8) is 0 Å². The molecule has 0 N–H and O–H groups in total. The first-order chi connectivity index (χ1) is 27.0. The Hall–Kier alpha value is -0.600. The van der Waals surface area contributed by atoms with E-state index in [9.17, 15) is 0 Å². The number of carbonyl (C=O) groups is 2. The summed E-state index contributed by atoms with van der Waals surface area (Å²) in [7, 11) is 7.56. The highest BCUT2D eigenvalue weighted by molar-refractivity contribution is 8.76. The van der Waals surface area contributed by atoms with E-state index in [-0.39, 0.29) is 60.8 Å². The average Bonchev–Trinajstić information content (AvgIpc) is 3.24. The molecule has 0 aliphatic carbocycles. The summed E-state index contributed by atoms with van der Waals surface area (Å²) in [6.07, 6.45) is 8.18. The molecule has 326 valence electrons. The van der Waals surface area contributed by atoms with Gasteiger partial charge in [-0.05, 0) is 62.6 Å². The van der Waals surface area contributed by atoms with Crippen molar-refractivity contribution in [3.8, 4) is 0 Å². The molecule has 4 heterocycles. The van der Waals surface area contributed by atoms with Crippen LogP contribution < -0.4 is 0 Å². The van der Waals surface area contributed by atoms with Crippen molar-refractivity contribution in [2.75, 3.05) is 92.6 Å². The molecule has 0 spiro atoms. The van der Waals surface area contributed by atoms with Gasteiger partial charge in [0, 0.05) is 124 Å². The van der Waals surface area contributed by atoms with Crippen LogP contribution in [0.5, 0.6) is 0 Å². The monoisotopic (exact) mass is 918 g/mol. The first-order valence-electron chi connectivity index (χ1n) is 21.6. The summed E-state index contributed by atoms with van der Waals surface area (Å²) in [5, 5.41) is 1.21. The van der Waals surface area contributed by atoms with E-state index < -0.39 is 0 Å². The van der Waals surface area contributed by atoms with Crippen LogP contribution in [0, 0.1) is 0 Å². The average molecular weight is 921 g/mol. The second-order valence-electron chi connectivity index (χ2n) is 17.0. The third kappa shape index (κ3) is 10.9. The third-order valence-corrected chi connectivity index (χ3v) is 17.4. The molecule has 8 nitrogen and oxygen atoms in total. The van der Waals surface area contributed by atoms with Gasteiger partial charge < -0.3 is 19.6 Å². The zero-order chi connectivity index (χ0) is 40.0. The van der Waals surface area contributed by atoms with Crippen LogP contribution in [0.25, 0.3) is 0 Å². The highest BCUT2D eigenvalue weighted by atomic mass is 35.5. The maximum atomic E-state index is 15.3. The fraction of sp³-hybridized carbons (Fsp3) is 0.682. The second kappa shape index (κ2) is 22.7. The summed E-state index contributed by atoms with van der Waals surface area (Å²) in [5.74, 6) is 0.385. The SMILES string of the molecule is CCN1CCC([N+](C)(C(=O)c2ccc(Cl)cc2SSc2cc(Cl)ccc2C(=O)[N+](C)(C2CCN(CC)CC2)C2CCN(CC)CC2)C2CCN(CC)CC2)CC1.Cl.Cl. The molecule has 0 unspecified atom stereocenters. The minimum absolute atomic E-state index is 0. The molecule has 2 aromatic rings. The summed E-state index contributed by atoms with van der Waals surface area (Å²) in [6.45, 7) is 21.4. The number of hydrogen-bond donors (Lipinski definition) is 0. The zero-order valence-corrected chi connectivity index (χ0v) is 40.6. The van der Waals surface area contributed by atoms with E-state index >= 15 is 9.59 Å². The molecule has 58 heavy (non-hydrogen) atoms. The summed E-state index contributed by atoms with van der Waals surface area (Å²) in [4.78, 5) is 42.4. The standard InChI is InChI=1S/C44H68Cl2N6O2S2.2ClH/c1-7-47-23-15-35(16-24-47)51(5,36-17-25-48(8-2)26-18-36)43(53)39-13-11-33(45)31-41(39)55-56-42-32-34(46)12-14-40(42)44(54)52(6,37-19-27-49(9-3)28-20-37)38-21-29-50(10-4)30-22-38;;/h11-14,31-32,35-38H,7-10,15-30H2,1-6H3;2*1H/q+2;;. The summed E-state index contributed by atoms with van der Waals surface area (Å²) in [6, 6.07) is 12.6. The molecule has 4 aliphatic rings. The van der Waals surface area contributed by atoms with E-state index in [1.807, 2.05) is 36.4 Å². The van der Waals surface area contributed by atoms with Gasteiger partial charge in [0.2, 0.25) is 0 Å². The van der Waals surface area contributed by atoms with Crippen molar-refractivity contribution in [2.45, 2.75) is 113 Å². The molecule has 0 saturated carbocycles. The number of rotatable bonds is 13. The highest BCUT2D eigenvalue weighted by Gasteiger charge is 2.51. The Morgan fingerprint density at radius 2 is 0.759 bits per heavy atom. The molecule has 0 radical (unpaired) electrons. The summed E-state index contributed by atoms with van der Waals surface area (Å²) >= 11 is 13.4. The molecule has 0 atom stereocenters. The van der Waals surface area contributed by atoms with Crippen LogP contribution in [0.3, 0.4) is 0 Å². The number of halogens is 4. The van der Waals surface area contributed by atoms with Gasteiger partial charge in [-0.15, -0.1) is 24.8 Å². The Balaban J connectivity index is 0.00000372. The molecule has 4 aliphatic heterocycles. The quantitative estimate of drug-likeness (QED) is 0.146. The van der Waals surface area contributed by atoms with Gasteiger partial charge in [-0.25, -0.2) is 9.59 Å². The number of quaternary nitrogens is 2. The van der Waals surface area contributed by atoms with Crippen molar-refractivity contribution in [3.05, 3.63) is 57.6 Å². The van der Waals surface area contributed by atoms with Gasteiger partial charge in [0.25, 0.3) is 0 Å². The number of hydrogen-bond acceptors (Lipinski definition) is 8. The fourth-order valence-corrected chi connectivity index (χ4v) is 13.3. The summed E-state index contributed by atoms with van der Waals surface area (Å²) < 4.78 is 0.888. The van der Waals surface area contributed by atoms with Gasteiger partial charge in [-0.1, -0.05) is 72.5 Å². The minimum atomic E-state index is 0. The van der Waals surface area contributed by atoms with Gasteiger partial charge in [0.1, 0.15) is 0 Å². The van der Waals surface area contributed by atoms with Crippen LogP contribution in [-0.2, 0) is 0 Å². The van der Waals surface area contributed by atoms with Crippen LogP contribution in [-0.4, -0.2) is 157 Å². The number of benzene rings is 2. The van der Waals surface area contributed by atoms with Crippen molar-refractivity contribution < 1.29 is 18.6 Å². The van der Waals surface area contributed by atoms with E-state index in [4.69, 9.17) is 23.2 Å². The Bertz CT molecular complexity index is 1470. The maximum Gasteiger partial charge on any atom is 0.347 e. The molecule has 2 amide bonds. The van der Waals surface area contributed by atoms with E-state index in [2.05, 4.69) is 61.4 Å². The molecule has 4 saturated heterocycles. The van der Waals surface area contributed by atoms with E-state index in [1.165, 1.54) is 0 Å². The van der Waals surface area contributed by atoms with E-state index in [1.54, 1.807) is 21.6 Å². The van der Waals surface area contributed by atoms with Crippen molar-refractivity contribution in [2.24, 2.45) is 0 Å². The first kappa shape index (κ1) is 50.0. The molecule has 4 fully saturated rings. The van der Waals surface area contributed by atoms with Crippen molar-refractivity contribution in [1.29, 1.82) is 0 Å². The number of nitrogens with zero attached hydrogens (tertiary/aromatic N) is 6. The zero-order valence-electron chi connectivity index (χ0n) is 35.8. The smallest absolute Gasteiger partial charge is 0.303 e.